The number of halogens is 1. The SMILES string of the molecule is CCc1nc(Cl)c(N)c(NN)n1. The zero-order chi connectivity index (χ0) is 9.14. The zero-order valence-electron chi connectivity index (χ0n) is 6.63. The molecule has 1 aromatic rings. The Kier molecular flexibility index (Phi) is 2.67. The highest BCUT2D eigenvalue weighted by atomic mass is 35.5. The number of aromatic nitrogens is 2. The molecule has 1 rings (SSSR count). The number of nitrogens with one attached hydrogen (secondary N) is 1. The summed E-state index contributed by atoms with van der Waals surface area (Å²) in [6.45, 7) is 1.92. The lowest BCUT2D eigenvalue weighted by Crippen LogP contribution is -2.13. The second-order valence-corrected chi connectivity index (χ2v) is 2.55. The first kappa shape index (κ1) is 9.02. The van der Waals surface area contributed by atoms with Crippen LogP contribution in [0, 0.1) is 0 Å². The van der Waals surface area contributed by atoms with Gasteiger partial charge in [0.25, 0.3) is 0 Å². The van der Waals surface area contributed by atoms with E-state index in [4.69, 9.17) is 23.2 Å². The lowest BCUT2D eigenvalue weighted by molar-refractivity contribution is 0.941. The van der Waals surface area contributed by atoms with E-state index >= 15 is 0 Å². The second-order valence-electron chi connectivity index (χ2n) is 2.19. The van der Waals surface area contributed by atoms with Gasteiger partial charge in [-0.2, -0.15) is 0 Å². The lowest BCUT2D eigenvalue weighted by Gasteiger charge is -2.06. The number of aryl methyl sites for hydroxylation is 1. The molecule has 0 radical (unpaired) electrons. The first-order chi connectivity index (χ1) is 5.69. The highest BCUT2D eigenvalue weighted by Crippen LogP contribution is 2.22. The van der Waals surface area contributed by atoms with Crippen LogP contribution < -0.4 is 17.0 Å². The fourth-order valence-corrected chi connectivity index (χ4v) is 0.941. The lowest BCUT2D eigenvalue weighted by atomic mass is 10.4. The van der Waals surface area contributed by atoms with Crippen LogP contribution in [-0.2, 0) is 6.42 Å². The highest BCUT2D eigenvalue weighted by Gasteiger charge is 2.07. The van der Waals surface area contributed by atoms with Crippen molar-refractivity contribution >= 4 is 23.1 Å². The van der Waals surface area contributed by atoms with Gasteiger partial charge in [-0.15, -0.1) is 0 Å². The number of nitrogens with zero attached hydrogens (tertiary/aromatic N) is 2. The molecule has 0 spiro atoms. The summed E-state index contributed by atoms with van der Waals surface area (Å²) in [6, 6.07) is 0. The van der Waals surface area contributed by atoms with Crippen LogP contribution in [0.2, 0.25) is 5.15 Å². The maximum absolute atomic E-state index is 5.70. The summed E-state index contributed by atoms with van der Waals surface area (Å²) in [4.78, 5) is 7.95. The van der Waals surface area contributed by atoms with E-state index in [-0.39, 0.29) is 10.8 Å². The van der Waals surface area contributed by atoms with Gasteiger partial charge < -0.3 is 11.2 Å². The van der Waals surface area contributed by atoms with E-state index in [0.717, 1.165) is 0 Å². The van der Waals surface area contributed by atoms with Crippen molar-refractivity contribution in [2.45, 2.75) is 13.3 Å². The summed E-state index contributed by atoms with van der Waals surface area (Å²) in [5.74, 6) is 6.14. The minimum Gasteiger partial charge on any atom is -0.393 e. The molecule has 0 aliphatic rings. The van der Waals surface area contributed by atoms with Crippen LogP contribution in [0.5, 0.6) is 0 Å². The van der Waals surface area contributed by atoms with Crippen molar-refractivity contribution in [3.63, 3.8) is 0 Å². The van der Waals surface area contributed by atoms with E-state index in [1.54, 1.807) is 0 Å². The Labute approximate surface area is 75.1 Å². The Balaban J connectivity index is 3.19. The van der Waals surface area contributed by atoms with E-state index < -0.39 is 0 Å². The van der Waals surface area contributed by atoms with Crippen molar-refractivity contribution in [3.8, 4) is 0 Å². The molecule has 0 bridgehead atoms. The van der Waals surface area contributed by atoms with E-state index in [2.05, 4.69) is 15.4 Å². The number of hydrazine groups is 1. The Morgan fingerprint density at radius 1 is 1.50 bits per heavy atom. The van der Waals surface area contributed by atoms with Gasteiger partial charge >= 0.3 is 0 Å². The summed E-state index contributed by atoms with van der Waals surface area (Å²) >= 11 is 5.70. The second kappa shape index (κ2) is 3.55. The number of anilines is 2. The third kappa shape index (κ3) is 1.57. The normalized spacial score (nSPS) is 9.92. The Hall–Kier alpha value is -1.07. The summed E-state index contributed by atoms with van der Waals surface area (Å²) in [5, 5.41) is 0.231. The van der Waals surface area contributed by atoms with Gasteiger partial charge in [0, 0.05) is 6.42 Å². The van der Waals surface area contributed by atoms with Crippen LogP contribution in [0.15, 0.2) is 0 Å². The van der Waals surface area contributed by atoms with Crippen molar-refractivity contribution in [3.05, 3.63) is 11.0 Å². The zero-order valence-corrected chi connectivity index (χ0v) is 7.39. The number of nitrogen functional groups attached to an aromatic ring is 2. The molecular formula is C6H10ClN5. The molecule has 0 aliphatic carbocycles. The smallest absolute Gasteiger partial charge is 0.168 e. The van der Waals surface area contributed by atoms with Crippen LogP contribution in [0.3, 0.4) is 0 Å². The molecule has 6 heteroatoms. The maximum Gasteiger partial charge on any atom is 0.168 e. The average Bonchev–Trinajstić information content (AvgIpc) is 2.09. The summed E-state index contributed by atoms with van der Waals surface area (Å²) in [5.41, 5.74) is 8.14. The third-order valence-corrected chi connectivity index (χ3v) is 1.69. The van der Waals surface area contributed by atoms with E-state index in [0.29, 0.717) is 18.1 Å². The summed E-state index contributed by atoms with van der Waals surface area (Å²) in [7, 11) is 0. The van der Waals surface area contributed by atoms with Crippen LogP contribution in [0.25, 0.3) is 0 Å². The van der Waals surface area contributed by atoms with E-state index in [9.17, 15) is 0 Å². The average molecular weight is 188 g/mol. The first-order valence-electron chi connectivity index (χ1n) is 3.47. The molecule has 0 unspecified atom stereocenters. The van der Waals surface area contributed by atoms with Crippen molar-refractivity contribution in [2.24, 2.45) is 5.84 Å². The summed E-state index contributed by atoms with van der Waals surface area (Å²) in [6.07, 6.45) is 0.689. The van der Waals surface area contributed by atoms with Crippen molar-refractivity contribution in [2.75, 3.05) is 11.2 Å². The quantitative estimate of drug-likeness (QED) is 0.358. The van der Waals surface area contributed by atoms with Crippen molar-refractivity contribution in [1.82, 2.24) is 9.97 Å². The molecule has 0 aliphatic heterocycles. The molecule has 0 saturated carbocycles. The fraction of sp³-hybridized carbons (Fsp3) is 0.333. The van der Waals surface area contributed by atoms with Crippen LogP contribution in [0.4, 0.5) is 11.5 Å². The molecule has 1 aromatic heterocycles. The topological polar surface area (TPSA) is 89.8 Å². The van der Waals surface area contributed by atoms with Gasteiger partial charge in [-0.3, -0.25) is 0 Å². The molecule has 0 atom stereocenters. The molecule has 0 aromatic carbocycles. The van der Waals surface area contributed by atoms with Gasteiger partial charge in [0.2, 0.25) is 0 Å². The predicted octanol–water partition coefficient (Wildman–Crippen LogP) is 0.560. The van der Waals surface area contributed by atoms with Crippen LogP contribution in [-0.4, -0.2) is 9.97 Å². The Morgan fingerprint density at radius 2 is 2.17 bits per heavy atom. The molecule has 5 N–H and O–H groups in total. The van der Waals surface area contributed by atoms with Gasteiger partial charge in [0.05, 0.1) is 0 Å². The first-order valence-corrected chi connectivity index (χ1v) is 3.85. The van der Waals surface area contributed by atoms with Crippen molar-refractivity contribution < 1.29 is 0 Å². The largest absolute Gasteiger partial charge is 0.393 e. The summed E-state index contributed by atoms with van der Waals surface area (Å²) < 4.78 is 0. The fourth-order valence-electron chi connectivity index (χ4n) is 0.754. The highest BCUT2D eigenvalue weighted by molar-refractivity contribution is 6.32. The monoisotopic (exact) mass is 187 g/mol. The molecular weight excluding hydrogens is 178 g/mol. The van der Waals surface area contributed by atoms with Gasteiger partial charge in [0.15, 0.2) is 11.0 Å². The molecule has 66 valence electrons. The van der Waals surface area contributed by atoms with E-state index in [1.165, 1.54) is 0 Å². The van der Waals surface area contributed by atoms with Crippen LogP contribution >= 0.6 is 11.6 Å². The number of hydrogen-bond acceptors (Lipinski definition) is 5. The van der Waals surface area contributed by atoms with Gasteiger partial charge in [-0.05, 0) is 0 Å². The molecule has 5 nitrogen and oxygen atoms in total. The molecule has 0 saturated heterocycles. The minimum absolute atomic E-state index is 0.231. The Bertz CT molecular complexity index is 288. The number of hydrogen-bond donors (Lipinski definition) is 3. The molecule has 12 heavy (non-hydrogen) atoms. The number of rotatable bonds is 2. The molecule has 0 amide bonds. The van der Waals surface area contributed by atoms with E-state index in [1.807, 2.05) is 6.92 Å². The van der Waals surface area contributed by atoms with Crippen molar-refractivity contribution in [1.29, 1.82) is 0 Å². The number of nitrogens with two attached hydrogens (primary N) is 2. The third-order valence-electron chi connectivity index (χ3n) is 1.40. The predicted molar refractivity (Wildman–Crippen MR) is 48.6 cm³/mol. The Morgan fingerprint density at radius 3 is 2.67 bits per heavy atom. The van der Waals surface area contributed by atoms with Crippen LogP contribution in [0.1, 0.15) is 12.7 Å². The van der Waals surface area contributed by atoms with Gasteiger partial charge in [0.1, 0.15) is 11.5 Å². The minimum atomic E-state index is 0.231. The standard InChI is InChI=1S/C6H10ClN5/c1-2-3-10-5(7)4(8)6(11-3)12-9/h2,8-9H2,1H3,(H,10,11,12). The van der Waals surface area contributed by atoms with Gasteiger partial charge in [-0.1, -0.05) is 18.5 Å². The molecule has 1 heterocycles. The van der Waals surface area contributed by atoms with Gasteiger partial charge in [-0.25, -0.2) is 15.8 Å². The molecule has 0 fully saturated rings. The maximum atomic E-state index is 5.70.